The van der Waals surface area contributed by atoms with Crippen LogP contribution in [0.4, 0.5) is 11.4 Å². The molecular formula is C22H20ClN5O2S. The molecule has 1 atom stereocenters. The van der Waals surface area contributed by atoms with Gasteiger partial charge in [-0.3, -0.25) is 14.5 Å². The Labute approximate surface area is 187 Å². The lowest BCUT2D eigenvalue weighted by Crippen LogP contribution is -2.20. The number of nitrogens with zero attached hydrogens (tertiary/aromatic N) is 2. The first-order chi connectivity index (χ1) is 15.1. The molecule has 1 aliphatic rings. The maximum Gasteiger partial charge on any atom is 0.257 e. The van der Waals surface area contributed by atoms with E-state index >= 15 is 0 Å². The number of halogens is 1. The molecule has 0 radical (unpaired) electrons. The topological polar surface area (TPSA) is 101 Å². The van der Waals surface area contributed by atoms with E-state index in [1.807, 2.05) is 18.2 Å². The summed E-state index contributed by atoms with van der Waals surface area (Å²) < 4.78 is 13.8. The number of carbonyl (C=O) groups excluding carboxylic acids is 1. The minimum Gasteiger partial charge on any atom is -0.360 e. The molecule has 31 heavy (non-hydrogen) atoms. The van der Waals surface area contributed by atoms with Crippen molar-refractivity contribution in [3.05, 3.63) is 82.6 Å². The smallest absolute Gasteiger partial charge is 0.257 e. The van der Waals surface area contributed by atoms with Crippen molar-refractivity contribution in [3.63, 3.8) is 0 Å². The molecule has 7 nitrogen and oxygen atoms in total. The molecule has 1 aliphatic heterocycles. The Morgan fingerprint density at radius 2 is 2.10 bits per heavy atom. The van der Waals surface area contributed by atoms with Crippen molar-refractivity contribution in [2.24, 2.45) is 4.99 Å². The number of H-pyrrole nitrogens is 1. The number of hydrogen-bond donors (Lipinski definition) is 3. The Morgan fingerprint density at radius 1 is 1.23 bits per heavy atom. The fraction of sp³-hybridized carbons (Fsp3) is 0.136. The number of aromatic nitrogens is 1. The fourth-order valence-corrected chi connectivity index (χ4v) is 4.96. The lowest BCUT2D eigenvalue weighted by molar-refractivity contribution is 0.102. The highest BCUT2D eigenvalue weighted by molar-refractivity contribution is 7.86. The van der Waals surface area contributed by atoms with Gasteiger partial charge in [-0.1, -0.05) is 23.7 Å². The molecule has 1 fully saturated rings. The van der Waals surface area contributed by atoms with Crippen LogP contribution in [0.15, 0.2) is 65.8 Å². The highest BCUT2D eigenvalue weighted by atomic mass is 35.5. The largest absolute Gasteiger partial charge is 0.360 e. The van der Waals surface area contributed by atoms with Crippen molar-refractivity contribution in [1.29, 1.82) is 5.41 Å². The second-order valence-corrected chi connectivity index (χ2v) is 8.77. The van der Waals surface area contributed by atoms with E-state index in [9.17, 15) is 9.00 Å². The quantitative estimate of drug-likeness (QED) is 0.384. The van der Waals surface area contributed by atoms with Gasteiger partial charge < -0.3 is 10.3 Å². The third kappa shape index (κ3) is 4.60. The van der Waals surface area contributed by atoms with Crippen LogP contribution in [0.1, 0.15) is 28.0 Å². The van der Waals surface area contributed by atoms with E-state index in [1.165, 1.54) is 0 Å². The molecule has 0 aliphatic carbocycles. The standard InChI is InChI=1S/C22H20ClN5O2S/c23-19-13-17(28-10-3-11-31(28)30)7-8-18(19)22(29)27-16-5-1-4-15(12-16)21(26-14-24)20-6-2-9-25-20/h1-2,4-9,12-14,24-25H,3,10-11H2,(H,27,29). The summed E-state index contributed by atoms with van der Waals surface area (Å²) in [5, 5.41) is 10.5. The van der Waals surface area contributed by atoms with Crippen LogP contribution >= 0.6 is 11.6 Å². The summed E-state index contributed by atoms with van der Waals surface area (Å²) in [6.07, 6.45) is 3.63. The SMILES string of the molecule is N=CN=C(c1cccc(NC(=O)c2ccc(N3CCCS3=O)cc2Cl)c1)c1ccc[nH]1. The van der Waals surface area contributed by atoms with Gasteiger partial charge in [0.05, 0.1) is 27.7 Å². The average molecular weight is 454 g/mol. The van der Waals surface area contributed by atoms with Gasteiger partial charge >= 0.3 is 0 Å². The average Bonchev–Trinajstić information content (AvgIpc) is 3.44. The zero-order chi connectivity index (χ0) is 21.8. The Morgan fingerprint density at radius 3 is 2.77 bits per heavy atom. The fourth-order valence-electron chi connectivity index (χ4n) is 3.42. The van der Waals surface area contributed by atoms with Gasteiger partial charge in [0, 0.05) is 29.7 Å². The van der Waals surface area contributed by atoms with Gasteiger partial charge in [0.1, 0.15) is 17.3 Å². The van der Waals surface area contributed by atoms with Crippen molar-refractivity contribution in [2.75, 3.05) is 21.9 Å². The van der Waals surface area contributed by atoms with Gasteiger partial charge in [-0.15, -0.1) is 0 Å². The number of carbonyl (C=O) groups is 1. The first kappa shape index (κ1) is 21.0. The van der Waals surface area contributed by atoms with Crippen LogP contribution < -0.4 is 9.62 Å². The zero-order valence-corrected chi connectivity index (χ0v) is 18.0. The molecule has 3 N–H and O–H groups in total. The zero-order valence-electron chi connectivity index (χ0n) is 16.5. The van der Waals surface area contributed by atoms with Gasteiger partial charge in [-0.05, 0) is 48.9 Å². The van der Waals surface area contributed by atoms with E-state index in [-0.39, 0.29) is 5.91 Å². The molecule has 2 aromatic carbocycles. The number of benzene rings is 2. The lowest BCUT2D eigenvalue weighted by Gasteiger charge is -2.17. The molecule has 0 saturated carbocycles. The molecule has 1 saturated heterocycles. The molecule has 1 aromatic heterocycles. The summed E-state index contributed by atoms with van der Waals surface area (Å²) in [6, 6.07) is 16.0. The number of nitrogens with one attached hydrogen (secondary N) is 3. The predicted molar refractivity (Wildman–Crippen MR) is 126 cm³/mol. The number of amides is 1. The van der Waals surface area contributed by atoms with E-state index in [4.69, 9.17) is 17.0 Å². The van der Waals surface area contributed by atoms with Gasteiger partial charge in [0.15, 0.2) is 0 Å². The van der Waals surface area contributed by atoms with E-state index in [1.54, 1.807) is 46.9 Å². The molecule has 4 rings (SSSR count). The highest BCUT2D eigenvalue weighted by Gasteiger charge is 2.22. The molecule has 0 spiro atoms. The summed E-state index contributed by atoms with van der Waals surface area (Å²) >= 11 is 6.37. The molecule has 1 unspecified atom stereocenters. The number of aliphatic imine (C=N–C) groups is 1. The predicted octanol–water partition coefficient (Wildman–Crippen LogP) is 4.24. The molecule has 158 valence electrons. The second kappa shape index (κ2) is 9.28. The van der Waals surface area contributed by atoms with Crippen LogP contribution in [0, 0.1) is 5.41 Å². The maximum atomic E-state index is 12.8. The monoisotopic (exact) mass is 453 g/mol. The third-order valence-corrected chi connectivity index (χ3v) is 6.69. The van der Waals surface area contributed by atoms with Crippen molar-refractivity contribution >= 4 is 51.9 Å². The number of anilines is 2. The van der Waals surface area contributed by atoms with Gasteiger partial charge in [-0.25, -0.2) is 9.20 Å². The summed E-state index contributed by atoms with van der Waals surface area (Å²) in [4.78, 5) is 20.1. The highest BCUT2D eigenvalue weighted by Crippen LogP contribution is 2.28. The Kier molecular flexibility index (Phi) is 6.29. The molecule has 0 bridgehead atoms. The van der Waals surface area contributed by atoms with Crippen LogP contribution in [0.2, 0.25) is 5.02 Å². The summed E-state index contributed by atoms with van der Waals surface area (Å²) in [7, 11) is -1.05. The van der Waals surface area contributed by atoms with Crippen LogP contribution in [0.25, 0.3) is 0 Å². The maximum absolute atomic E-state index is 12.8. The van der Waals surface area contributed by atoms with Gasteiger partial charge in [0.25, 0.3) is 5.91 Å². The van der Waals surface area contributed by atoms with Crippen molar-refractivity contribution < 1.29 is 9.00 Å². The number of hydrogen-bond acceptors (Lipinski definition) is 3. The van der Waals surface area contributed by atoms with E-state index < -0.39 is 11.0 Å². The van der Waals surface area contributed by atoms with Crippen LogP contribution in [0.3, 0.4) is 0 Å². The second-order valence-electron chi connectivity index (χ2n) is 6.87. The normalized spacial score (nSPS) is 16.4. The first-order valence-electron chi connectivity index (χ1n) is 9.64. The molecule has 2 heterocycles. The van der Waals surface area contributed by atoms with Gasteiger partial charge in [-0.2, -0.15) is 0 Å². The first-order valence-corrected chi connectivity index (χ1v) is 11.3. The van der Waals surface area contributed by atoms with Crippen molar-refractivity contribution in [3.8, 4) is 0 Å². The van der Waals surface area contributed by atoms with Crippen LogP contribution in [-0.2, 0) is 11.0 Å². The minimum atomic E-state index is -1.05. The van der Waals surface area contributed by atoms with E-state index in [0.717, 1.165) is 29.7 Å². The van der Waals surface area contributed by atoms with Crippen LogP contribution in [-0.4, -0.2) is 39.4 Å². The molecule has 1 amide bonds. The molecule has 9 heteroatoms. The number of aromatic amines is 1. The summed E-state index contributed by atoms with van der Waals surface area (Å²) in [6.45, 7) is 0.710. The Bertz CT molecular complexity index is 1180. The van der Waals surface area contributed by atoms with E-state index in [2.05, 4.69) is 15.3 Å². The molecular weight excluding hydrogens is 434 g/mol. The van der Waals surface area contributed by atoms with Crippen molar-refractivity contribution in [1.82, 2.24) is 4.98 Å². The minimum absolute atomic E-state index is 0.299. The Balaban J connectivity index is 1.55. The van der Waals surface area contributed by atoms with E-state index in [0.29, 0.717) is 34.3 Å². The van der Waals surface area contributed by atoms with Gasteiger partial charge in [0.2, 0.25) is 0 Å². The summed E-state index contributed by atoms with van der Waals surface area (Å²) in [5.41, 5.74) is 3.77. The van der Waals surface area contributed by atoms with Crippen molar-refractivity contribution in [2.45, 2.75) is 6.42 Å². The number of rotatable bonds is 6. The molecule has 3 aromatic rings. The summed E-state index contributed by atoms with van der Waals surface area (Å²) in [5.74, 6) is 0.295. The Hall–Kier alpha value is -3.23. The third-order valence-electron chi connectivity index (χ3n) is 4.85. The lowest BCUT2D eigenvalue weighted by atomic mass is 10.1. The van der Waals surface area contributed by atoms with Crippen LogP contribution in [0.5, 0.6) is 0 Å².